The summed E-state index contributed by atoms with van der Waals surface area (Å²) in [5.41, 5.74) is 3.63. The highest BCUT2D eigenvalue weighted by atomic mass is 15.3. The Morgan fingerprint density at radius 3 is 2.35 bits per heavy atom. The smallest absolute Gasteiger partial charge is 0.227 e. The third-order valence-electron chi connectivity index (χ3n) is 5.17. The van der Waals surface area contributed by atoms with Crippen molar-refractivity contribution in [3.63, 3.8) is 0 Å². The molecule has 0 radical (unpaired) electrons. The van der Waals surface area contributed by atoms with E-state index in [1.165, 1.54) is 17.7 Å². The van der Waals surface area contributed by atoms with Crippen molar-refractivity contribution in [2.45, 2.75) is 33.1 Å². The Morgan fingerprint density at radius 2 is 1.62 bits per heavy atom. The van der Waals surface area contributed by atoms with Gasteiger partial charge in [-0.15, -0.1) is 0 Å². The van der Waals surface area contributed by atoms with Crippen LogP contribution in [-0.4, -0.2) is 60.2 Å². The van der Waals surface area contributed by atoms with Crippen LogP contribution in [0.5, 0.6) is 0 Å². The minimum atomic E-state index is 0.831. The number of anilines is 3. The molecular formula is C19H27N7. The summed E-state index contributed by atoms with van der Waals surface area (Å²) in [6.07, 6.45) is 3.40. The molecule has 1 fully saturated rings. The Bertz CT molecular complexity index is 810. The number of aromatic nitrogens is 4. The fraction of sp³-hybridized carbons (Fsp3) is 0.579. The lowest BCUT2D eigenvalue weighted by atomic mass is 10.2. The van der Waals surface area contributed by atoms with Crippen molar-refractivity contribution in [1.29, 1.82) is 0 Å². The van der Waals surface area contributed by atoms with Gasteiger partial charge in [-0.05, 0) is 33.1 Å². The van der Waals surface area contributed by atoms with E-state index in [0.29, 0.717) is 0 Å². The fourth-order valence-corrected chi connectivity index (χ4v) is 3.82. The molecule has 2 aromatic heterocycles. The number of aryl methyl sites for hydroxylation is 3. The van der Waals surface area contributed by atoms with Crippen LogP contribution in [0.4, 0.5) is 17.6 Å². The van der Waals surface area contributed by atoms with Crippen molar-refractivity contribution in [2.24, 2.45) is 0 Å². The summed E-state index contributed by atoms with van der Waals surface area (Å²) < 4.78 is 0. The number of rotatable bonds is 3. The first kappa shape index (κ1) is 17.0. The van der Waals surface area contributed by atoms with E-state index in [4.69, 9.17) is 9.97 Å². The maximum atomic E-state index is 4.78. The Balaban J connectivity index is 1.52. The van der Waals surface area contributed by atoms with Gasteiger partial charge in [0.25, 0.3) is 0 Å². The van der Waals surface area contributed by atoms with Crippen molar-refractivity contribution in [2.75, 3.05) is 55.0 Å². The lowest BCUT2D eigenvalue weighted by Gasteiger charge is -2.36. The predicted octanol–water partition coefficient (Wildman–Crippen LogP) is 1.76. The van der Waals surface area contributed by atoms with Crippen molar-refractivity contribution in [1.82, 2.24) is 19.9 Å². The van der Waals surface area contributed by atoms with Crippen molar-refractivity contribution in [3.8, 4) is 0 Å². The predicted molar refractivity (Wildman–Crippen MR) is 104 cm³/mol. The summed E-state index contributed by atoms with van der Waals surface area (Å²) in [4.78, 5) is 25.5. The van der Waals surface area contributed by atoms with E-state index in [-0.39, 0.29) is 0 Å². The standard InChI is InChI=1S/C19H27N7/c1-13-12-17(24(3)4)23-19(20-13)26-10-8-25(9-11-26)18-15-6-5-7-16(15)21-14(2)22-18/h12H,5-11H2,1-4H3. The topological polar surface area (TPSA) is 61.3 Å². The highest BCUT2D eigenvalue weighted by Gasteiger charge is 2.26. The minimum Gasteiger partial charge on any atom is -0.363 e. The lowest BCUT2D eigenvalue weighted by Crippen LogP contribution is -2.48. The van der Waals surface area contributed by atoms with Crippen LogP contribution in [0.3, 0.4) is 0 Å². The summed E-state index contributed by atoms with van der Waals surface area (Å²) in [6.45, 7) is 7.74. The van der Waals surface area contributed by atoms with E-state index in [9.17, 15) is 0 Å². The van der Waals surface area contributed by atoms with Crippen LogP contribution in [0, 0.1) is 13.8 Å². The van der Waals surface area contributed by atoms with Gasteiger partial charge in [-0.3, -0.25) is 0 Å². The normalized spacial score (nSPS) is 16.8. The van der Waals surface area contributed by atoms with Crippen LogP contribution in [0.25, 0.3) is 0 Å². The van der Waals surface area contributed by atoms with E-state index in [1.54, 1.807) is 0 Å². The number of fused-ring (bicyclic) bond motifs is 1. The molecular weight excluding hydrogens is 326 g/mol. The van der Waals surface area contributed by atoms with Crippen LogP contribution in [0.2, 0.25) is 0 Å². The number of nitrogens with zero attached hydrogens (tertiary/aromatic N) is 7. The Kier molecular flexibility index (Phi) is 4.38. The molecule has 1 aliphatic carbocycles. The summed E-state index contributed by atoms with van der Waals surface area (Å²) in [6, 6.07) is 2.02. The zero-order valence-electron chi connectivity index (χ0n) is 16.2. The molecule has 7 nitrogen and oxygen atoms in total. The highest BCUT2D eigenvalue weighted by Crippen LogP contribution is 2.29. The quantitative estimate of drug-likeness (QED) is 0.833. The molecule has 1 aliphatic heterocycles. The molecule has 0 saturated carbocycles. The van der Waals surface area contributed by atoms with E-state index < -0.39 is 0 Å². The SMILES string of the molecule is Cc1cc(N(C)C)nc(N2CCN(c3nc(C)nc4c3CCC4)CC2)n1. The van der Waals surface area contributed by atoms with Crippen LogP contribution in [-0.2, 0) is 12.8 Å². The van der Waals surface area contributed by atoms with Gasteiger partial charge in [0.05, 0.1) is 0 Å². The first-order valence-electron chi connectivity index (χ1n) is 9.40. The second-order valence-corrected chi connectivity index (χ2v) is 7.41. The molecule has 0 aromatic carbocycles. The van der Waals surface area contributed by atoms with Gasteiger partial charge >= 0.3 is 0 Å². The lowest BCUT2D eigenvalue weighted by molar-refractivity contribution is 0.629. The van der Waals surface area contributed by atoms with Gasteiger partial charge in [-0.2, -0.15) is 4.98 Å². The summed E-state index contributed by atoms with van der Waals surface area (Å²) in [5, 5.41) is 0. The first-order valence-corrected chi connectivity index (χ1v) is 9.40. The molecule has 2 aliphatic rings. The minimum absolute atomic E-state index is 0.831. The molecule has 0 spiro atoms. The van der Waals surface area contributed by atoms with Crippen LogP contribution < -0.4 is 14.7 Å². The van der Waals surface area contributed by atoms with Gasteiger partial charge in [0.1, 0.15) is 17.5 Å². The van der Waals surface area contributed by atoms with Gasteiger partial charge in [0, 0.05) is 63.3 Å². The maximum Gasteiger partial charge on any atom is 0.227 e. The van der Waals surface area contributed by atoms with Gasteiger partial charge in [0.15, 0.2) is 0 Å². The molecule has 7 heteroatoms. The average Bonchev–Trinajstić information content (AvgIpc) is 3.09. The molecule has 0 atom stereocenters. The third kappa shape index (κ3) is 3.18. The molecule has 3 heterocycles. The van der Waals surface area contributed by atoms with Gasteiger partial charge in [0.2, 0.25) is 5.95 Å². The zero-order valence-corrected chi connectivity index (χ0v) is 16.2. The van der Waals surface area contributed by atoms with Crippen molar-refractivity contribution >= 4 is 17.6 Å². The number of piperazine rings is 1. The van der Waals surface area contributed by atoms with Gasteiger partial charge < -0.3 is 14.7 Å². The molecule has 2 aromatic rings. The average molecular weight is 353 g/mol. The molecule has 1 saturated heterocycles. The molecule has 4 rings (SSSR count). The summed E-state index contributed by atoms with van der Waals surface area (Å²) >= 11 is 0. The molecule has 0 amide bonds. The third-order valence-corrected chi connectivity index (χ3v) is 5.17. The summed E-state index contributed by atoms with van der Waals surface area (Å²) in [5.74, 6) is 3.83. The number of hydrogen-bond acceptors (Lipinski definition) is 7. The van der Waals surface area contributed by atoms with Crippen LogP contribution in [0.15, 0.2) is 6.07 Å². The maximum absolute atomic E-state index is 4.78. The van der Waals surface area contributed by atoms with E-state index in [1.807, 2.05) is 38.9 Å². The van der Waals surface area contributed by atoms with E-state index >= 15 is 0 Å². The highest BCUT2D eigenvalue weighted by molar-refractivity contribution is 5.53. The first-order chi connectivity index (χ1) is 12.5. The van der Waals surface area contributed by atoms with Crippen LogP contribution >= 0.6 is 0 Å². The molecule has 138 valence electrons. The second kappa shape index (κ2) is 6.70. The largest absolute Gasteiger partial charge is 0.363 e. The molecule has 26 heavy (non-hydrogen) atoms. The Hall–Kier alpha value is -2.44. The molecule has 0 bridgehead atoms. The summed E-state index contributed by atoms with van der Waals surface area (Å²) in [7, 11) is 4.03. The fourth-order valence-electron chi connectivity index (χ4n) is 3.82. The Labute approximate surface area is 155 Å². The van der Waals surface area contributed by atoms with Crippen LogP contribution in [0.1, 0.15) is 29.2 Å². The van der Waals surface area contributed by atoms with Gasteiger partial charge in [-0.1, -0.05) is 0 Å². The van der Waals surface area contributed by atoms with E-state index in [0.717, 1.165) is 68.1 Å². The molecule has 0 unspecified atom stereocenters. The zero-order chi connectivity index (χ0) is 18.3. The second-order valence-electron chi connectivity index (χ2n) is 7.41. The monoisotopic (exact) mass is 353 g/mol. The van der Waals surface area contributed by atoms with Gasteiger partial charge in [-0.25, -0.2) is 15.0 Å². The van der Waals surface area contributed by atoms with Crippen molar-refractivity contribution in [3.05, 3.63) is 28.8 Å². The molecule has 0 N–H and O–H groups in total. The van der Waals surface area contributed by atoms with E-state index in [2.05, 4.69) is 19.8 Å². The Morgan fingerprint density at radius 1 is 0.885 bits per heavy atom. The van der Waals surface area contributed by atoms with Crippen molar-refractivity contribution < 1.29 is 0 Å². The number of hydrogen-bond donors (Lipinski definition) is 0.